The number of nitrogens with one attached hydrogen (secondary N) is 1. The first kappa shape index (κ1) is 15.3. The SMILES string of the molecule is CNC(C)c1ccc(OCCN2CCN(C)CC2)cc1. The fourth-order valence-corrected chi connectivity index (χ4v) is 2.38. The fourth-order valence-electron chi connectivity index (χ4n) is 2.38. The van der Waals surface area contributed by atoms with Gasteiger partial charge in [-0.15, -0.1) is 0 Å². The number of hydrogen-bond donors (Lipinski definition) is 1. The Labute approximate surface area is 122 Å². The normalized spacial score (nSPS) is 18.9. The molecule has 0 radical (unpaired) electrons. The molecule has 1 N–H and O–H groups in total. The third-order valence-corrected chi connectivity index (χ3v) is 4.09. The summed E-state index contributed by atoms with van der Waals surface area (Å²) in [7, 11) is 4.16. The smallest absolute Gasteiger partial charge is 0.119 e. The molecule has 1 aromatic rings. The van der Waals surface area contributed by atoms with E-state index >= 15 is 0 Å². The lowest BCUT2D eigenvalue weighted by molar-refractivity contribution is 0.133. The zero-order valence-electron chi connectivity index (χ0n) is 12.9. The minimum absolute atomic E-state index is 0.384. The summed E-state index contributed by atoms with van der Waals surface area (Å²) in [4.78, 5) is 4.84. The van der Waals surface area contributed by atoms with E-state index in [0.29, 0.717) is 6.04 Å². The third kappa shape index (κ3) is 4.47. The van der Waals surface area contributed by atoms with Crippen molar-refractivity contribution in [2.75, 3.05) is 53.4 Å². The summed E-state index contributed by atoms with van der Waals surface area (Å²) >= 11 is 0. The Morgan fingerprint density at radius 1 is 1.15 bits per heavy atom. The van der Waals surface area contributed by atoms with Crippen LogP contribution in [0.1, 0.15) is 18.5 Å². The maximum absolute atomic E-state index is 5.83. The van der Waals surface area contributed by atoms with Gasteiger partial charge in [-0.3, -0.25) is 4.90 Å². The average Bonchev–Trinajstić information content (AvgIpc) is 2.49. The van der Waals surface area contributed by atoms with Crippen molar-refractivity contribution in [1.29, 1.82) is 0 Å². The topological polar surface area (TPSA) is 27.7 Å². The number of hydrogen-bond acceptors (Lipinski definition) is 4. The van der Waals surface area contributed by atoms with E-state index in [4.69, 9.17) is 4.74 Å². The van der Waals surface area contributed by atoms with E-state index in [1.54, 1.807) is 0 Å². The molecule has 1 aliphatic heterocycles. The number of likely N-dealkylation sites (N-methyl/N-ethyl adjacent to an activating group) is 1. The monoisotopic (exact) mass is 277 g/mol. The zero-order valence-corrected chi connectivity index (χ0v) is 12.9. The number of benzene rings is 1. The standard InChI is InChI=1S/C16H27N3O/c1-14(17-2)15-4-6-16(7-5-15)20-13-12-19-10-8-18(3)9-11-19/h4-7,14,17H,8-13H2,1-3H3. The molecule has 1 saturated heterocycles. The summed E-state index contributed by atoms with van der Waals surface area (Å²) < 4.78 is 5.83. The highest BCUT2D eigenvalue weighted by atomic mass is 16.5. The molecule has 2 rings (SSSR count). The molecule has 20 heavy (non-hydrogen) atoms. The van der Waals surface area contributed by atoms with Crippen molar-refractivity contribution in [2.45, 2.75) is 13.0 Å². The number of nitrogens with zero attached hydrogens (tertiary/aromatic N) is 2. The molecule has 1 fully saturated rings. The van der Waals surface area contributed by atoms with Gasteiger partial charge in [0.05, 0.1) is 0 Å². The molecule has 0 bridgehead atoms. The van der Waals surface area contributed by atoms with Crippen LogP contribution in [0, 0.1) is 0 Å². The van der Waals surface area contributed by atoms with E-state index in [2.05, 4.69) is 53.4 Å². The quantitative estimate of drug-likeness (QED) is 0.855. The maximum atomic E-state index is 5.83. The zero-order chi connectivity index (χ0) is 14.4. The van der Waals surface area contributed by atoms with Gasteiger partial charge in [0.15, 0.2) is 0 Å². The second kappa shape index (κ2) is 7.62. The van der Waals surface area contributed by atoms with Gasteiger partial charge in [-0.2, -0.15) is 0 Å². The van der Waals surface area contributed by atoms with E-state index in [1.165, 1.54) is 5.56 Å². The molecular formula is C16H27N3O. The highest BCUT2D eigenvalue weighted by Crippen LogP contribution is 2.17. The second-order valence-electron chi connectivity index (χ2n) is 5.57. The minimum atomic E-state index is 0.384. The predicted octanol–water partition coefficient (Wildman–Crippen LogP) is 1.59. The van der Waals surface area contributed by atoms with Gasteiger partial charge in [-0.1, -0.05) is 12.1 Å². The molecule has 112 valence electrons. The van der Waals surface area contributed by atoms with Crippen molar-refractivity contribution >= 4 is 0 Å². The van der Waals surface area contributed by atoms with Crippen LogP contribution >= 0.6 is 0 Å². The largest absolute Gasteiger partial charge is 0.492 e. The molecule has 1 heterocycles. The van der Waals surface area contributed by atoms with E-state index in [0.717, 1.165) is 45.1 Å². The summed E-state index contributed by atoms with van der Waals surface area (Å²) in [5.41, 5.74) is 1.29. The van der Waals surface area contributed by atoms with E-state index in [-0.39, 0.29) is 0 Å². The fraction of sp³-hybridized carbons (Fsp3) is 0.625. The number of rotatable bonds is 6. The molecule has 4 heteroatoms. The Hall–Kier alpha value is -1.10. The van der Waals surface area contributed by atoms with Gasteiger partial charge < -0.3 is 15.0 Å². The van der Waals surface area contributed by atoms with Crippen LogP contribution in [-0.2, 0) is 0 Å². The van der Waals surface area contributed by atoms with Crippen molar-refractivity contribution < 1.29 is 4.74 Å². The lowest BCUT2D eigenvalue weighted by atomic mass is 10.1. The minimum Gasteiger partial charge on any atom is -0.492 e. The summed E-state index contributed by atoms with van der Waals surface area (Å²) in [5, 5.41) is 3.24. The van der Waals surface area contributed by atoms with Gasteiger partial charge in [0.25, 0.3) is 0 Å². The highest BCUT2D eigenvalue weighted by Gasteiger charge is 2.13. The third-order valence-electron chi connectivity index (χ3n) is 4.09. The highest BCUT2D eigenvalue weighted by molar-refractivity contribution is 5.28. The van der Waals surface area contributed by atoms with E-state index in [9.17, 15) is 0 Å². The lowest BCUT2D eigenvalue weighted by Crippen LogP contribution is -2.45. The Balaban J connectivity index is 1.71. The molecule has 4 nitrogen and oxygen atoms in total. The molecule has 1 aliphatic rings. The average molecular weight is 277 g/mol. The number of piperazine rings is 1. The van der Waals surface area contributed by atoms with E-state index in [1.807, 2.05) is 7.05 Å². The van der Waals surface area contributed by atoms with Gasteiger partial charge in [0.2, 0.25) is 0 Å². The van der Waals surface area contributed by atoms with Gasteiger partial charge in [0, 0.05) is 38.8 Å². The summed E-state index contributed by atoms with van der Waals surface area (Å²) in [6, 6.07) is 8.77. The molecular weight excluding hydrogens is 250 g/mol. The van der Waals surface area contributed by atoms with Crippen molar-refractivity contribution in [3.05, 3.63) is 29.8 Å². The maximum Gasteiger partial charge on any atom is 0.119 e. The van der Waals surface area contributed by atoms with Crippen LogP contribution in [0.2, 0.25) is 0 Å². The molecule has 0 amide bonds. The van der Waals surface area contributed by atoms with Crippen LogP contribution in [-0.4, -0.2) is 63.2 Å². The van der Waals surface area contributed by atoms with Crippen LogP contribution in [0.15, 0.2) is 24.3 Å². The Morgan fingerprint density at radius 2 is 1.80 bits per heavy atom. The summed E-state index contributed by atoms with van der Waals surface area (Å²) in [6.45, 7) is 8.57. The molecule has 0 saturated carbocycles. The summed E-state index contributed by atoms with van der Waals surface area (Å²) in [5.74, 6) is 0.964. The molecule has 1 atom stereocenters. The van der Waals surface area contributed by atoms with Crippen LogP contribution in [0.4, 0.5) is 0 Å². The van der Waals surface area contributed by atoms with Gasteiger partial charge in [-0.05, 0) is 38.7 Å². The van der Waals surface area contributed by atoms with Crippen molar-refractivity contribution in [1.82, 2.24) is 15.1 Å². The Kier molecular flexibility index (Phi) is 5.83. The summed E-state index contributed by atoms with van der Waals surface area (Å²) in [6.07, 6.45) is 0. The Bertz CT molecular complexity index is 385. The van der Waals surface area contributed by atoms with Gasteiger partial charge in [0.1, 0.15) is 12.4 Å². The van der Waals surface area contributed by atoms with Crippen LogP contribution in [0.5, 0.6) is 5.75 Å². The van der Waals surface area contributed by atoms with Crippen molar-refractivity contribution in [3.63, 3.8) is 0 Å². The first-order chi connectivity index (χ1) is 9.69. The predicted molar refractivity (Wildman–Crippen MR) is 83.3 cm³/mol. The second-order valence-corrected chi connectivity index (χ2v) is 5.57. The molecule has 0 aromatic heterocycles. The molecule has 0 spiro atoms. The molecule has 1 unspecified atom stereocenters. The molecule has 0 aliphatic carbocycles. The van der Waals surface area contributed by atoms with Gasteiger partial charge >= 0.3 is 0 Å². The Morgan fingerprint density at radius 3 is 2.40 bits per heavy atom. The van der Waals surface area contributed by atoms with Crippen LogP contribution < -0.4 is 10.1 Å². The number of ether oxygens (including phenoxy) is 1. The first-order valence-corrected chi connectivity index (χ1v) is 7.50. The van der Waals surface area contributed by atoms with E-state index < -0.39 is 0 Å². The lowest BCUT2D eigenvalue weighted by Gasteiger charge is -2.32. The van der Waals surface area contributed by atoms with Crippen LogP contribution in [0.3, 0.4) is 0 Å². The van der Waals surface area contributed by atoms with Gasteiger partial charge in [-0.25, -0.2) is 0 Å². The first-order valence-electron chi connectivity index (χ1n) is 7.50. The molecule has 1 aromatic carbocycles. The van der Waals surface area contributed by atoms with Crippen molar-refractivity contribution in [3.8, 4) is 5.75 Å². The van der Waals surface area contributed by atoms with Crippen molar-refractivity contribution in [2.24, 2.45) is 0 Å². The van der Waals surface area contributed by atoms with Crippen LogP contribution in [0.25, 0.3) is 0 Å².